The van der Waals surface area contributed by atoms with Gasteiger partial charge in [0.05, 0.1) is 5.56 Å². The van der Waals surface area contributed by atoms with E-state index < -0.39 is 0 Å². The number of piperidine rings is 1. The first kappa shape index (κ1) is 22.0. The summed E-state index contributed by atoms with van der Waals surface area (Å²) in [4.78, 5) is 16.9. The molecule has 0 aromatic heterocycles. The second kappa shape index (κ2) is 9.89. The molecule has 0 aliphatic carbocycles. The van der Waals surface area contributed by atoms with Crippen LogP contribution < -0.4 is 15.5 Å². The number of carbonyl (C=O) groups is 1. The Morgan fingerprint density at radius 3 is 2.40 bits per heavy atom. The summed E-state index contributed by atoms with van der Waals surface area (Å²) in [5.74, 6) is -0.226. The Bertz CT molecular complexity index is 879. The van der Waals surface area contributed by atoms with Gasteiger partial charge in [0.1, 0.15) is 5.82 Å². The minimum atomic E-state index is -0.273. The summed E-state index contributed by atoms with van der Waals surface area (Å²) >= 11 is 5.40. The van der Waals surface area contributed by atoms with E-state index in [1.54, 1.807) is 17.0 Å². The van der Waals surface area contributed by atoms with E-state index in [0.29, 0.717) is 5.11 Å². The number of para-hydroxylation sites is 1. The van der Waals surface area contributed by atoms with Crippen LogP contribution >= 0.6 is 12.2 Å². The third-order valence-corrected chi connectivity index (χ3v) is 5.72. The predicted molar refractivity (Wildman–Crippen MR) is 125 cm³/mol. The van der Waals surface area contributed by atoms with Gasteiger partial charge in [-0.25, -0.2) is 4.39 Å². The molecule has 0 spiro atoms. The monoisotopic (exact) mass is 428 g/mol. The lowest BCUT2D eigenvalue weighted by atomic mass is 10.0. The van der Waals surface area contributed by atoms with Crippen LogP contribution in [0.5, 0.6) is 0 Å². The van der Waals surface area contributed by atoms with Crippen LogP contribution in [-0.2, 0) is 0 Å². The molecule has 0 bridgehead atoms. The molecule has 1 aliphatic rings. The maximum atomic E-state index is 13.0. The Balaban J connectivity index is 1.57. The van der Waals surface area contributed by atoms with Gasteiger partial charge in [-0.2, -0.15) is 0 Å². The average molecular weight is 429 g/mol. The van der Waals surface area contributed by atoms with E-state index in [-0.39, 0.29) is 23.8 Å². The topological polar surface area (TPSA) is 47.6 Å². The molecule has 1 amide bonds. The van der Waals surface area contributed by atoms with Gasteiger partial charge in [0.2, 0.25) is 0 Å². The van der Waals surface area contributed by atoms with Gasteiger partial charge in [0.25, 0.3) is 5.91 Å². The van der Waals surface area contributed by atoms with Gasteiger partial charge in [-0.05, 0) is 75.3 Å². The lowest BCUT2D eigenvalue weighted by Crippen LogP contribution is -2.46. The van der Waals surface area contributed by atoms with Crippen LogP contribution in [0.15, 0.2) is 48.5 Å². The van der Waals surface area contributed by atoms with Gasteiger partial charge in [0, 0.05) is 43.6 Å². The molecule has 2 N–H and O–H groups in total. The fraction of sp³-hybridized carbons (Fsp3) is 0.391. The summed E-state index contributed by atoms with van der Waals surface area (Å²) in [6.45, 7) is 5.71. The summed E-state index contributed by atoms with van der Waals surface area (Å²) in [6.07, 6.45) is 1.82. The lowest BCUT2D eigenvalue weighted by molar-refractivity contribution is 0.0755. The summed E-state index contributed by atoms with van der Waals surface area (Å²) < 4.78 is 13.0. The number of nitrogens with zero attached hydrogens (tertiary/aromatic N) is 2. The Morgan fingerprint density at radius 2 is 1.77 bits per heavy atom. The van der Waals surface area contributed by atoms with Crippen LogP contribution in [0.1, 0.15) is 37.0 Å². The molecule has 1 saturated heterocycles. The Morgan fingerprint density at radius 1 is 1.13 bits per heavy atom. The van der Waals surface area contributed by atoms with E-state index in [0.717, 1.165) is 42.9 Å². The molecular formula is C23H29FN4OS. The number of benzene rings is 2. The molecule has 1 fully saturated rings. The quantitative estimate of drug-likeness (QED) is 0.697. The minimum absolute atomic E-state index is 0.0468. The summed E-state index contributed by atoms with van der Waals surface area (Å²) in [6, 6.07) is 14.4. The van der Waals surface area contributed by atoms with Gasteiger partial charge < -0.3 is 20.4 Å². The van der Waals surface area contributed by atoms with Crippen LogP contribution in [0.2, 0.25) is 0 Å². The zero-order valence-electron chi connectivity index (χ0n) is 17.7. The molecule has 5 nitrogen and oxygen atoms in total. The lowest BCUT2D eigenvalue weighted by Gasteiger charge is -2.36. The summed E-state index contributed by atoms with van der Waals surface area (Å²) in [5.41, 5.74) is 2.49. The fourth-order valence-electron chi connectivity index (χ4n) is 3.51. The standard InChI is InChI=1S/C23H29FN4OS/c1-16(2)27(3)22(29)20-6-4-5-7-21(20)28-14-12-19(13-15-28)26-23(30)25-18-10-8-17(24)9-11-18/h4-11,16,19H,12-15H2,1-3H3,(H2,25,26,30). The number of halogens is 1. The minimum Gasteiger partial charge on any atom is -0.371 e. The van der Waals surface area contributed by atoms with Crippen molar-refractivity contribution in [1.82, 2.24) is 10.2 Å². The average Bonchev–Trinajstić information content (AvgIpc) is 2.75. The number of thiocarbonyl (C=S) groups is 1. The first-order chi connectivity index (χ1) is 14.3. The van der Waals surface area contributed by atoms with E-state index in [1.165, 1.54) is 12.1 Å². The molecule has 2 aromatic carbocycles. The number of hydrogen-bond donors (Lipinski definition) is 2. The van der Waals surface area contributed by atoms with E-state index in [2.05, 4.69) is 15.5 Å². The molecule has 2 aromatic rings. The molecule has 1 aliphatic heterocycles. The van der Waals surface area contributed by atoms with E-state index in [4.69, 9.17) is 12.2 Å². The number of rotatable bonds is 5. The van der Waals surface area contributed by atoms with Crippen LogP contribution in [0, 0.1) is 5.82 Å². The second-order valence-electron chi connectivity index (χ2n) is 7.89. The van der Waals surface area contributed by atoms with Crippen LogP contribution in [0.4, 0.5) is 15.8 Å². The molecule has 3 rings (SSSR count). The van der Waals surface area contributed by atoms with Crippen LogP contribution in [0.3, 0.4) is 0 Å². The van der Waals surface area contributed by atoms with Crippen molar-refractivity contribution in [2.45, 2.75) is 38.8 Å². The van der Waals surface area contributed by atoms with Crippen LogP contribution in [0.25, 0.3) is 0 Å². The van der Waals surface area contributed by atoms with Crippen molar-refractivity contribution in [3.63, 3.8) is 0 Å². The van der Waals surface area contributed by atoms with Crippen molar-refractivity contribution in [1.29, 1.82) is 0 Å². The highest BCUT2D eigenvalue weighted by atomic mass is 32.1. The van der Waals surface area contributed by atoms with E-state index >= 15 is 0 Å². The predicted octanol–water partition coefficient (Wildman–Crippen LogP) is 4.26. The van der Waals surface area contributed by atoms with Gasteiger partial charge in [-0.15, -0.1) is 0 Å². The largest absolute Gasteiger partial charge is 0.371 e. The SMILES string of the molecule is CC(C)N(C)C(=O)c1ccccc1N1CCC(NC(=S)Nc2ccc(F)cc2)CC1. The Hall–Kier alpha value is -2.67. The molecule has 1 heterocycles. The Labute approximate surface area is 183 Å². The van der Waals surface area contributed by atoms with Crippen LogP contribution in [-0.4, -0.2) is 48.1 Å². The number of nitrogens with one attached hydrogen (secondary N) is 2. The zero-order valence-corrected chi connectivity index (χ0v) is 18.5. The molecule has 30 heavy (non-hydrogen) atoms. The van der Waals surface area contributed by atoms with Gasteiger partial charge in [-0.1, -0.05) is 12.1 Å². The maximum Gasteiger partial charge on any atom is 0.255 e. The molecule has 0 saturated carbocycles. The summed E-state index contributed by atoms with van der Waals surface area (Å²) in [5, 5.41) is 6.98. The fourth-order valence-corrected chi connectivity index (χ4v) is 3.79. The van der Waals surface area contributed by atoms with E-state index in [9.17, 15) is 9.18 Å². The molecule has 7 heteroatoms. The van der Waals surface area contributed by atoms with Crippen molar-refractivity contribution in [3.05, 3.63) is 59.9 Å². The van der Waals surface area contributed by atoms with Gasteiger partial charge in [0.15, 0.2) is 5.11 Å². The smallest absolute Gasteiger partial charge is 0.255 e. The number of carbonyl (C=O) groups excluding carboxylic acids is 1. The molecule has 0 unspecified atom stereocenters. The van der Waals surface area contributed by atoms with Crippen molar-refractivity contribution in [2.24, 2.45) is 0 Å². The first-order valence-corrected chi connectivity index (χ1v) is 10.7. The van der Waals surface area contributed by atoms with Crippen molar-refractivity contribution >= 4 is 34.6 Å². The number of anilines is 2. The van der Waals surface area contributed by atoms with Gasteiger partial charge in [-0.3, -0.25) is 4.79 Å². The molecule has 160 valence electrons. The normalized spacial score (nSPS) is 14.5. The molecular weight excluding hydrogens is 399 g/mol. The highest BCUT2D eigenvalue weighted by Crippen LogP contribution is 2.26. The first-order valence-electron chi connectivity index (χ1n) is 10.3. The third-order valence-electron chi connectivity index (χ3n) is 5.50. The molecule has 0 atom stereocenters. The van der Waals surface area contributed by atoms with E-state index in [1.807, 2.05) is 45.2 Å². The second-order valence-corrected chi connectivity index (χ2v) is 8.30. The Kier molecular flexibility index (Phi) is 7.26. The number of hydrogen-bond acceptors (Lipinski definition) is 3. The van der Waals surface area contributed by atoms with Crippen molar-refractivity contribution < 1.29 is 9.18 Å². The maximum absolute atomic E-state index is 13.0. The van der Waals surface area contributed by atoms with Gasteiger partial charge >= 0.3 is 0 Å². The summed E-state index contributed by atoms with van der Waals surface area (Å²) in [7, 11) is 1.84. The number of amides is 1. The molecule has 0 radical (unpaired) electrons. The van der Waals surface area contributed by atoms with Crippen molar-refractivity contribution in [2.75, 3.05) is 30.4 Å². The third kappa shape index (κ3) is 5.48. The van der Waals surface area contributed by atoms with Crippen molar-refractivity contribution in [3.8, 4) is 0 Å². The zero-order chi connectivity index (χ0) is 21.7. The highest BCUT2D eigenvalue weighted by molar-refractivity contribution is 7.80. The highest BCUT2D eigenvalue weighted by Gasteiger charge is 2.24.